The van der Waals surface area contributed by atoms with Gasteiger partial charge in [0, 0.05) is 5.56 Å². The number of hydrogen-bond acceptors (Lipinski definition) is 5. The highest BCUT2D eigenvalue weighted by Gasteiger charge is 2.16. The van der Waals surface area contributed by atoms with E-state index < -0.39 is 0 Å². The molecule has 4 rings (SSSR count). The Morgan fingerprint density at radius 2 is 1.77 bits per heavy atom. The molecule has 8 heteroatoms. The third-order valence-electron chi connectivity index (χ3n) is 4.52. The van der Waals surface area contributed by atoms with Crippen molar-refractivity contribution in [1.82, 2.24) is 10.2 Å². The van der Waals surface area contributed by atoms with E-state index in [1.165, 1.54) is 0 Å². The van der Waals surface area contributed by atoms with Crippen LogP contribution in [0.15, 0.2) is 71.1 Å². The number of methoxy groups -OCH3 is 1. The van der Waals surface area contributed by atoms with Crippen LogP contribution in [0.2, 0.25) is 10.0 Å². The van der Waals surface area contributed by atoms with Crippen LogP contribution in [0.25, 0.3) is 22.9 Å². The van der Waals surface area contributed by atoms with E-state index >= 15 is 0 Å². The molecule has 0 aliphatic carbocycles. The van der Waals surface area contributed by atoms with Crippen molar-refractivity contribution in [1.29, 1.82) is 0 Å². The third kappa shape index (κ3) is 4.87. The van der Waals surface area contributed by atoms with Crippen molar-refractivity contribution in [2.75, 3.05) is 12.4 Å². The molecule has 1 aromatic heterocycles. The van der Waals surface area contributed by atoms with Crippen LogP contribution in [-0.2, 0) is 11.2 Å². The SMILES string of the molecule is COc1cccc(CC(=O)Nc2ccccc2-c2nnc(-c3ccc(Cl)c(Cl)c3)o2)c1. The number of carbonyl (C=O) groups is 1. The van der Waals surface area contributed by atoms with Gasteiger partial charge in [0.15, 0.2) is 0 Å². The number of carbonyl (C=O) groups excluding carboxylic acids is 1. The number of anilines is 1. The molecular weight excluding hydrogens is 437 g/mol. The number of rotatable bonds is 6. The standard InChI is InChI=1S/C23H17Cl2N3O3/c1-30-16-6-4-5-14(11-16)12-21(29)26-20-8-3-2-7-17(20)23-28-27-22(31-23)15-9-10-18(24)19(25)13-15/h2-11,13H,12H2,1H3,(H,26,29). The Hall–Kier alpha value is -3.35. The number of ether oxygens (including phenoxy) is 1. The zero-order chi connectivity index (χ0) is 21.8. The molecule has 6 nitrogen and oxygen atoms in total. The van der Waals surface area contributed by atoms with Gasteiger partial charge in [-0.05, 0) is 48.0 Å². The van der Waals surface area contributed by atoms with Crippen molar-refractivity contribution < 1.29 is 13.9 Å². The average Bonchev–Trinajstić information content (AvgIpc) is 3.26. The summed E-state index contributed by atoms with van der Waals surface area (Å²) in [4.78, 5) is 12.6. The van der Waals surface area contributed by atoms with Gasteiger partial charge in [0.2, 0.25) is 17.7 Å². The van der Waals surface area contributed by atoms with Gasteiger partial charge in [0.1, 0.15) is 5.75 Å². The maximum atomic E-state index is 12.6. The molecule has 3 aromatic carbocycles. The molecule has 0 spiro atoms. The first-order valence-corrected chi connectivity index (χ1v) is 10.1. The second kappa shape index (κ2) is 9.20. The Balaban J connectivity index is 1.55. The number of nitrogens with zero attached hydrogens (tertiary/aromatic N) is 2. The molecule has 156 valence electrons. The summed E-state index contributed by atoms with van der Waals surface area (Å²) in [7, 11) is 1.59. The zero-order valence-corrected chi connectivity index (χ0v) is 17.9. The molecule has 0 fully saturated rings. The molecule has 0 aliphatic rings. The van der Waals surface area contributed by atoms with Crippen molar-refractivity contribution in [3.05, 3.63) is 82.3 Å². The summed E-state index contributed by atoms with van der Waals surface area (Å²) < 4.78 is 11.0. The van der Waals surface area contributed by atoms with Gasteiger partial charge in [0.05, 0.1) is 34.8 Å². The number of para-hydroxylation sites is 1. The van der Waals surface area contributed by atoms with Crippen LogP contribution < -0.4 is 10.1 Å². The molecule has 0 saturated heterocycles. The number of halogens is 2. The van der Waals surface area contributed by atoms with Crippen molar-refractivity contribution in [3.63, 3.8) is 0 Å². The number of hydrogen-bond donors (Lipinski definition) is 1. The van der Waals surface area contributed by atoms with E-state index in [4.69, 9.17) is 32.4 Å². The predicted octanol–water partition coefficient (Wildman–Crippen LogP) is 5.90. The Labute approximate surface area is 188 Å². The smallest absolute Gasteiger partial charge is 0.250 e. The average molecular weight is 454 g/mol. The second-order valence-electron chi connectivity index (χ2n) is 6.66. The van der Waals surface area contributed by atoms with Crippen LogP contribution >= 0.6 is 23.2 Å². The summed E-state index contributed by atoms with van der Waals surface area (Å²) in [5.41, 5.74) is 2.67. The molecular formula is C23H17Cl2N3O3. The normalized spacial score (nSPS) is 10.7. The van der Waals surface area contributed by atoms with E-state index in [2.05, 4.69) is 15.5 Å². The van der Waals surface area contributed by atoms with Crippen molar-refractivity contribution in [2.24, 2.45) is 0 Å². The topological polar surface area (TPSA) is 77.2 Å². The lowest BCUT2D eigenvalue weighted by molar-refractivity contribution is -0.115. The molecule has 4 aromatic rings. The summed E-state index contributed by atoms with van der Waals surface area (Å²) in [6, 6.07) is 19.7. The Morgan fingerprint density at radius 3 is 2.58 bits per heavy atom. The van der Waals surface area contributed by atoms with Gasteiger partial charge >= 0.3 is 0 Å². The molecule has 0 bridgehead atoms. The predicted molar refractivity (Wildman–Crippen MR) is 121 cm³/mol. The lowest BCUT2D eigenvalue weighted by Gasteiger charge is -2.09. The van der Waals surface area contributed by atoms with Crippen molar-refractivity contribution in [3.8, 4) is 28.7 Å². The van der Waals surface area contributed by atoms with Crippen LogP contribution in [0, 0.1) is 0 Å². The van der Waals surface area contributed by atoms with Gasteiger partial charge in [0.25, 0.3) is 0 Å². The lowest BCUT2D eigenvalue weighted by atomic mass is 10.1. The number of aromatic nitrogens is 2. The summed E-state index contributed by atoms with van der Waals surface area (Å²) in [5.74, 6) is 1.10. The molecule has 0 atom stereocenters. The Morgan fingerprint density at radius 1 is 0.968 bits per heavy atom. The first-order valence-electron chi connectivity index (χ1n) is 9.34. The van der Waals surface area contributed by atoms with Crippen LogP contribution in [0.4, 0.5) is 5.69 Å². The summed E-state index contributed by atoms with van der Waals surface area (Å²) >= 11 is 12.0. The fourth-order valence-corrected chi connectivity index (χ4v) is 3.32. The molecule has 0 saturated carbocycles. The van der Waals surface area contributed by atoms with Gasteiger partial charge < -0.3 is 14.5 Å². The van der Waals surface area contributed by atoms with E-state index in [0.29, 0.717) is 38.5 Å². The van der Waals surface area contributed by atoms with E-state index in [1.54, 1.807) is 37.4 Å². The van der Waals surface area contributed by atoms with Gasteiger partial charge in [-0.1, -0.05) is 47.5 Å². The summed E-state index contributed by atoms with van der Waals surface area (Å²) in [6.45, 7) is 0. The van der Waals surface area contributed by atoms with Crippen LogP contribution in [0.5, 0.6) is 5.75 Å². The highest BCUT2D eigenvalue weighted by Crippen LogP contribution is 2.32. The third-order valence-corrected chi connectivity index (χ3v) is 5.26. The van der Waals surface area contributed by atoms with Gasteiger partial charge in [-0.2, -0.15) is 0 Å². The maximum absolute atomic E-state index is 12.6. The largest absolute Gasteiger partial charge is 0.497 e. The molecule has 0 radical (unpaired) electrons. The van der Waals surface area contributed by atoms with Gasteiger partial charge in [-0.15, -0.1) is 10.2 Å². The first kappa shape index (κ1) is 20.9. The Bertz CT molecular complexity index is 1240. The monoisotopic (exact) mass is 453 g/mol. The van der Waals surface area contributed by atoms with Crippen LogP contribution in [0.1, 0.15) is 5.56 Å². The lowest BCUT2D eigenvalue weighted by Crippen LogP contribution is -2.15. The Kier molecular flexibility index (Phi) is 6.21. The van der Waals surface area contributed by atoms with Gasteiger partial charge in [-0.25, -0.2) is 0 Å². The molecule has 0 aliphatic heterocycles. The van der Waals surface area contributed by atoms with Crippen molar-refractivity contribution >= 4 is 34.8 Å². The van der Waals surface area contributed by atoms with E-state index in [-0.39, 0.29) is 18.2 Å². The second-order valence-corrected chi connectivity index (χ2v) is 7.48. The minimum Gasteiger partial charge on any atom is -0.497 e. The molecule has 1 N–H and O–H groups in total. The van der Waals surface area contributed by atoms with Crippen LogP contribution in [0.3, 0.4) is 0 Å². The van der Waals surface area contributed by atoms with E-state index in [9.17, 15) is 4.79 Å². The van der Waals surface area contributed by atoms with E-state index in [1.807, 2.05) is 36.4 Å². The number of nitrogens with one attached hydrogen (secondary N) is 1. The minimum absolute atomic E-state index is 0.176. The molecule has 31 heavy (non-hydrogen) atoms. The fourth-order valence-electron chi connectivity index (χ4n) is 3.02. The first-order chi connectivity index (χ1) is 15.0. The molecule has 1 heterocycles. The fraction of sp³-hybridized carbons (Fsp3) is 0.0870. The number of amides is 1. The molecule has 0 unspecified atom stereocenters. The zero-order valence-electron chi connectivity index (χ0n) is 16.4. The molecule has 1 amide bonds. The quantitative estimate of drug-likeness (QED) is 0.393. The number of benzene rings is 3. The van der Waals surface area contributed by atoms with Crippen LogP contribution in [-0.4, -0.2) is 23.2 Å². The summed E-state index contributed by atoms with van der Waals surface area (Å²) in [5, 5.41) is 12.0. The summed E-state index contributed by atoms with van der Waals surface area (Å²) in [6.07, 6.45) is 0.198. The highest BCUT2D eigenvalue weighted by atomic mass is 35.5. The van der Waals surface area contributed by atoms with E-state index in [0.717, 1.165) is 5.56 Å². The minimum atomic E-state index is -0.176. The van der Waals surface area contributed by atoms with Crippen molar-refractivity contribution in [2.45, 2.75) is 6.42 Å². The van der Waals surface area contributed by atoms with Gasteiger partial charge in [-0.3, -0.25) is 4.79 Å². The highest BCUT2D eigenvalue weighted by molar-refractivity contribution is 6.42. The maximum Gasteiger partial charge on any atom is 0.250 e.